The molecule has 0 aliphatic heterocycles. The van der Waals surface area contributed by atoms with Crippen LogP contribution in [0.1, 0.15) is 5.56 Å². The van der Waals surface area contributed by atoms with E-state index in [1.165, 1.54) is 0 Å². The van der Waals surface area contributed by atoms with Crippen molar-refractivity contribution in [3.05, 3.63) is 34.4 Å². The Morgan fingerprint density at radius 2 is 1.93 bits per heavy atom. The van der Waals surface area contributed by atoms with Crippen molar-refractivity contribution in [3.63, 3.8) is 0 Å². The second-order valence-electron chi connectivity index (χ2n) is 3.02. The van der Waals surface area contributed by atoms with Crippen molar-refractivity contribution in [1.29, 1.82) is 0 Å². The second-order valence-corrected chi connectivity index (χ2v) is 3.40. The van der Waals surface area contributed by atoms with Crippen molar-refractivity contribution >= 4 is 17.6 Å². The lowest BCUT2D eigenvalue weighted by atomic mass is 10.1. The number of benzene rings is 1. The maximum atomic E-state index is 12.9. The van der Waals surface area contributed by atoms with Crippen LogP contribution in [0.3, 0.4) is 0 Å². The molecule has 82 valence electrons. The van der Waals surface area contributed by atoms with Gasteiger partial charge in [0.25, 0.3) is 0 Å². The van der Waals surface area contributed by atoms with Gasteiger partial charge in [-0.1, -0.05) is 11.6 Å². The van der Waals surface area contributed by atoms with E-state index in [2.05, 4.69) is 0 Å². The fraction of sp³-hybridized carbons (Fsp3) is 0.222. The molecule has 3 nitrogen and oxygen atoms in total. The van der Waals surface area contributed by atoms with E-state index in [1.807, 2.05) is 0 Å². The molecule has 1 rings (SSSR count). The van der Waals surface area contributed by atoms with Crippen LogP contribution in [0.4, 0.5) is 8.78 Å². The van der Waals surface area contributed by atoms with E-state index < -0.39 is 28.7 Å². The first-order valence-corrected chi connectivity index (χ1v) is 4.41. The van der Waals surface area contributed by atoms with Crippen molar-refractivity contribution in [1.82, 2.24) is 0 Å². The van der Waals surface area contributed by atoms with Crippen LogP contribution in [0, 0.1) is 11.6 Å². The maximum absolute atomic E-state index is 12.9. The minimum absolute atomic E-state index is 0.152. The van der Waals surface area contributed by atoms with E-state index >= 15 is 0 Å². The first-order valence-electron chi connectivity index (χ1n) is 4.03. The van der Waals surface area contributed by atoms with Crippen LogP contribution in [-0.2, 0) is 11.2 Å². The molecule has 15 heavy (non-hydrogen) atoms. The van der Waals surface area contributed by atoms with E-state index in [4.69, 9.17) is 22.4 Å². The molecule has 0 saturated heterocycles. The highest BCUT2D eigenvalue weighted by atomic mass is 35.5. The van der Waals surface area contributed by atoms with Crippen LogP contribution in [0.2, 0.25) is 5.02 Å². The van der Waals surface area contributed by atoms with Gasteiger partial charge in [0, 0.05) is 0 Å². The monoisotopic (exact) mass is 235 g/mol. The van der Waals surface area contributed by atoms with Gasteiger partial charge in [-0.15, -0.1) is 0 Å². The van der Waals surface area contributed by atoms with Gasteiger partial charge in [-0.05, 0) is 24.1 Å². The van der Waals surface area contributed by atoms with Gasteiger partial charge >= 0.3 is 5.97 Å². The summed E-state index contributed by atoms with van der Waals surface area (Å²) in [6.07, 6.45) is -0.152. The summed E-state index contributed by atoms with van der Waals surface area (Å²) in [5, 5.41) is 7.89. The minimum atomic E-state index is -1.23. The molecule has 6 heteroatoms. The van der Waals surface area contributed by atoms with Gasteiger partial charge in [0.05, 0.1) is 0 Å². The van der Waals surface area contributed by atoms with Crippen LogP contribution in [0.25, 0.3) is 0 Å². The fourth-order valence-corrected chi connectivity index (χ4v) is 1.18. The predicted octanol–water partition coefficient (Wildman–Crippen LogP) is 1.57. The lowest BCUT2D eigenvalue weighted by Gasteiger charge is -2.07. The summed E-state index contributed by atoms with van der Waals surface area (Å²) >= 11 is 5.25. The summed E-state index contributed by atoms with van der Waals surface area (Å²) in [6, 6.07) is 0.743. The standard InChI is InChI=1S/C9H8ClF2NO2/c10-8-5(11)1-4(2-6(8)12)3-7(13)9(14)15/h1-2,7H,3,13H2,(H,14,15)/t7-/m1/s1. The number of hydrogen-bond donors (Lipinski definition) is 2. The highest BCUT2D eigenvalue weighted by Gasteiger charge is 2.15. The molecule has 0 fully saturated rings. The highest BCUT2D eigenvalue weighted by Crippen LogP contribution is 2.20. The SMILES string of the molecule is N[C@H](Cc1cc(F)c(Cl)c(F)c1)C(=O)O. The summed E-state index contributed by atoms with van der Waals surface area (Å²) in [7, 11) is 0. The van der Waals surface area contributed by atoms with E-state index in [0.717, 1.165) is 12.1 Å². The first kappa shape index (κ1) is 11.9. The molecule has 0 bridgehead atoms. The van der Waals surface area contributed by atoms with Gasteiger partial charge in [0.2, 0.25) is 0 Å². The Kier molecular flexibility index (Phi) is 3.60. The van der Waals surface area contributed by atoms with E-state index in [0.29, 0.717) is 0 Å². The fourth-order valence-electron chi connectivity index (χ4n) is 1.07. The summed E-state index contributed by atoms with van der Waals surface area (Å²) in [6.45, 7) is 0. The molecule has 0 aliphatic carbocycles. The smallest absolute Gasteiger partial charge is 0.320 e. The molecule has 0 aromatic heterocycles. The van der Waals surface area contributed by atoms with Crippen molar-refractivity contribution < 1.29 is 18.7 Å². The molecule has 1 atom stereocenters. The Bertz CT molecular complexity index is 375. The third kappa shape index (κ3) is 2.87. The molecule has 0 radical (unpaired) electrons. The van der Waals surface area contributed by atoms with Crippen LogP contribution in [0.15, 0.2) is 12.1 Å². The van der Waals surface area contributed by atoms with Crippen LogP contribution in [0.5, 0.6) is 0 Å². The van der Waals surface area contributed by atoms with Gasteiger partial charge in [-0.3, -0.25) is 4.79 Å². The zero-order valence-corrected chi connectivity index (χ0v) is 8.26. The van der Waals surface area contributed by atoms with Gasteiger partial charge in [-0.2, -0.15) is 0 Å². The number of carbonyl (C=O) groups is 1. The van der Waals surface area contributed by atoms with Gasteiger partial charge in [0.15, 0.2) is 0 Å². The lowest BCUT2D eigenvalue weighted by Crippen LogP contribution is -2.32. The quantitative estimate of drug-likeness (QED) is 0.782. The number of rotatable bonds is 3. The maximum Gasteiger partial charge on any atom is 0.320 e. The van der Waals surface area contributed by atoms with Crippen molar-refractivity contribution in [2.45, 2.75) is 12.5 Å². The average molecular weight is 236 g/mol. The Morgan fingerprint density at radius 3 is 2.33 bits per heavy atom. The molecule has 1 aromatic carbocycles. The van der Waals surface area contributed by atoms with Gasteiger partial charge < -0.3 is 10.8 Å². The van der Waals surface area contributed by atoms with E-state index in [9.17, 15) is 13.6 Å². The highest BCUT2D eigenvalue weighted by molar-refractivity contribution is 6.30. The second kappa shape index (κ2) is 4.55. The van der Waals surface area contributed by atoms with E-state index in [1.54, 1.807) is 0 Å². The zero-order chi connectivity index (χ0) is 11.6. The molecule has 0 spiro atoms. The van der Waals surface area contributed by atoms with Crippen LogP contribution < -0.4 is 5.73 Å². The zero-order valence-electron chi connectivity index (χ0n) is 7.51. The summed E-state index contributed by atoms with van der Waals surface area (Å²) in [5.74, 6) is -3.08. The first-order chi connectivity index (χ1) is 6.91. The van der Waals surface area contributed by atoms with Gasteiger partial charge in [-0.25, -0.2) is 8.78 Å². The van der Waals surface area contributed by atoms with Crippen molar-refractivity contribution in [2.75, 3.05) is 0 Å². The predicted molar refractivity (Wildman–Crippen MR) is 50.7 cm³/mol. The molecular weight excluding hydrogens is 228 g/mol. The minimum Gasteiger partial charge on any atom is -0.480 e. The molecule has 3 N–H and O–H groups in total. The van der Waals surface area contributed by atoms with Crippen LogP contribution in [-0.4, -0.2) is 17.1 Å². The molecule has 1 aromatic rings. The Morgan fingerprint density at radius 1 is 1.47 bits per heavy atom. The summed E-state index contributed by atoms with van der Waals surface area (Å²) < 4.78 is 25.9. The largest absolute Gasteiger partial charge is 0.480 e. The number of hydrogen-bond acceptors (Lipinski definition) is 2. The number of carboxylic acids is 1. The number of nitrogens with two attached hydrogens (primary N) is 1. The Hall–Kier alpha value is -1.20. The molecule has 0 unspecified atom stereocenters. The molecule has 0 heterocycles. The van der Waals surface area contributed by atoms with Gasteiger partial charge in [0.1, 0.15) is 22.7 Å². The summed E-state index contributed by atoms with van der Waals surface area (Å²) in [5.41, 5.74) is 5.37. The third-order valence-electron chi connectivity index (χ3n) is 1.82. The number of carboxylic acid groups (broad SMARTS) is 1. The number of halogens is 3. The number of aliphatic carboxylic acids is 1. The van der Waals surface area contributed by atoms with E-state index in [-0.39, 0.29) is 12.0 Å². The molecule has 0 amide bonds. The summed E-state index contributed by atoms with van der Waals surface area (Å²) in [4.78, 5) is 10.4. The molecule has 0 saturated carbocycles. The Labute approximate surface area is 89.5 Å². The normalized spacial score (nSPS) is 12.5. The topological polar surface area (TPSA) is 63.3 Å². The lowest BCUT2D eigenvalue weighted by molar-refractivity contribution is -0.138. The van der Waals surface area contributed by atoms with Crippen molar-refractivity contribution in [3.8, 4) is 0 Å². The van der Waals surface area contributed by atoms with Crippen molar-refractivity contribution in [2.24, 2.45) is 5.73 Å². The van der Waals surface area contributed by atoms with Crippen LogP contribution >= 0.6 is 11.6 Å². The third-order valence-corrected chi connectivity index (χ3v) is 2.18. The molecule has 0 aliphatic rings. The molecular formula is C9H8ClF2NO2. The average Bonchev–Trinajstić information content (AvgIpc) is 2.13. The Balaban J connectivity index is 2.92.